The van der Waals surface area contributed by atoms with E-state index in [2.05, 4.69) is 20.8 Å². The number of rotatable bonds is 4. The quantitative estimate of drug-likeness (QED) is 0.618. The minimum atomic E-state index is 0.388. The molecular formula is C8H19N. The van der Waals surface area contributed by atoms with Gasteiger partial charge in [0.2, 0.25) is 0 Å². The van der Waals surface area contributed by atoms with Crippen molar-refractivity contribution in [3.8, 4) is 0 Å². The van der Waals surface area contributed by atoms with Gasteiger partial charge in [0.15, 0.2) is 0 Å². The second-order valence-electron chi connectivity index (χ2n) is 3.07. The van der Waals surface area contributed by atoms with Crippen molar-refractivity contribution in [1.82, 2.24) is 0 Å². The third-order valence-electron chi connectivity index (χ3n) is 1.81. The topological polar surface area (TPSA) is 26.0 Å². The van der Waals surface area contributed by atoms with E-state index in [1.54, 1.807) is 0 Å². The Labute approximate surface area is 58.6 Å². The number of hydrogen-bond acceptors (Lipinski definition) is 1. The van der Waals surface area contributed by atoms with Crippen LogP contribution in [0.2, 0.25) is 0 Å². The van der Waals surface area contributed by atoms with Crippen LogP contribution in [0, 0.1) is 5.92 Å². The molecule has 56 valence electrons. The first kappa shape index (κ1) is 8.96. The average molecular weight is 129 g/mol. The van der Waals surface area contributed by atoms with Crippen molar-refractivity contribution in [2.75, 3.05) is 0 Å². The molecule has 0 radical (unpaired) electrons. The van der Waals surface area contributed by atoms with Crippen molar-refractivity contribution < 1.29 is 0 Å². The van der Waals surface area contributed by atoms with Crippen molar-refractivity contribution in [3.63, 3.8) is 0 Å². The molecule has 1 unspecified atom stereocenters. The highest BCUT2D eigenvalue weighted by Gasteiger charge is 1.99. The van der Waals surface area contributed by atoms with Crippen molar-refractivity contribution in [2.24, 2.45) is 11.7 Å². The summed E-state index contributed by atoms with van der Waals surface area (Å²) in [6, 6.07) is 0.388. The standard InChI is InChI=1S/C8H19N/c1-4-7(2)5-6-8(3)9/h7-8H,4-6,9H2,1-3H3/t7?,8-/m0/s1. The Morgan fingerprint density at radius 3 is 2.11 bits per heavy atom. The van der Waals surface area contributed by atoms with E-state index in [-0.39, 0.29) is 0 Å². The van der Waals surface area contributed by atoms with Gasteiger partial charge in [0.05, 0.1) is 0 Å². The van der Waals surface area contributed by atoms with Crippen molar-refractivity contribution in [3.05, 3.63) is 0 Å². The Bertz CT molecular complexity index is 59.6. The highest BCUT2D eigenvalue weighted by Crippen LogP contribution is 2.09. The van der Waals surface area contributed by atoms with E-state index in [0.29, 0.717) is 6.04 Å². The lowest BCUT2D eigenvalue weighted by Gasteiger charge is -2.09. The highest BCUT2D eigenvalue weighted by atomic mass is 14.6. The summed E-state index contributed by atoms with van der Waals surface area (Å²) in [5.41, 5.74) is 5.60. The van der Waals surface area contributed by atoms with Gasteiger partial charge in [-0.15, -0.1) is 0 Å². The van der Waals surface area contributed by atoms with Crippen molar-refractivity contribution in [2.45, 2.75) is 46.1 Å². The molecule has 0 aliphatic heterocycles. The zero-order valence-electron chi connectivity index (χ0n) is 6.85. The molecular weight excluding hydrogens is 110 g/mol. The van der Waals surface area contributed by atoms with E-state index < -0.39 is 0 Å². The van der Waals surface area contributed by atoms with E-state index in [1.807, 2.05) is 0 Å². The molecule has 0 saturated carbocycles. The molecule has 0 saturated heterocycles. The van der Waals surface area contributed by atoms with Crippen LogP contribution in [0.5, 0.6) is 0 Å². The highest BCUT2D eigenvalue weighted by molar-refractivity contribution is 4.56. The minimum Gasteiger partial charge on any atom is -0.328 e. The molecule has 0 bridgehead atoms. The SMILES string of the molecule is CCC(C)CC[C@H](C)N. The zero-order chi connectivity index (χ0) is 7.28. The Hall–Kier alpha value is -0.0400. The predicted molar refractivity (Wildman–Crippen MR) is 42.3 cm³/mol. The summed E-state index contributed by atoms with van der Waals surface area (Å²) >= 11 is 0. The second kappa shape index (κ2) is 4.80. The summed E-state index contributed by atoms with van der Waals surface area (Å²) in [5, 5.41) is 0. The van der Waals surface area contributed by atoms with Gasteiger partial charge in [0.25, 0.3) is 0 Å². The molecule has 0 aliphatic rings. The molecule has 2 N–H and O–H groups in total. The molecule has 0 aromatic heterocycles. The number of hydrogen-bond donors (Lipinski definition) is 1. The Balaban J connectivity index is 3.06. The summed E-state index contributed by atoms with van der Waals surface area (Å²) in [6.45, 7) is 6.58. The molecule has 1 nitrogen and oxygen atoms in total. The fourth-order valence-corrected chi connectivity index (χ4v) is 0.752. The maximum absolute atomic E-state index is 5.60. The fourth-order valence-electron chi connectivity index (χ4n) is 0.752. The van der Waals surface area contributed by atoms with Gasteiger partial charge in [-0.1, -0.05) is 20.3 Å². The smallest absolute Gasteiger partial charge is 0.00105 e. The third-order valence-corrected chi connectivity index (χ3v) is 1.81. The third kappa shape index (κ3) is 5.84. The fraction of sp³-hybridized carbons (Fsp3) is 1.00. The molecule has 0 amide bonds. The van der Waals surface area contributed by atoms with Gasteiger partial charge in [-0.2, -0.15) is 0 Å². The maximum atomic E-state index is 5.60. The van der Waals surface area contributed by atoms with Gasteiger partial charge in [-0.25, -0.2) is 0 Å². The van der Waals surface area contributed by atoms with Crippen LogP contribution in [0.15, 0.2) is 0 Å². The molecule has 0 aromatic rings. The first-order valence-corrected chi connectivity index (χ1v) is 3.92. The van der Waals surface area contributed by atoms with Crippen LogP contribution >= 0.6 is 0 Å². The van der Waals surface area contributed by atoms with Gasteiger partial charge in [-0.3, -0.25) is 0 Å². The lowest BCUT2D eigenvalue weighted by Crippen LogP contribution is -2.15. The minimum absolute atomic E-state index is 0.388. The van der Waals surface area contributed by atoms with E-state index >= 15 is 0 Å². The number of nitrogens with two attached hydrogens (primary N) is 1. The Morgan fingerprint density at radius 1 is 1.22 bits per heavy atom. The summed E-state index contributed by atoms with van der Waals surface area (Å²) in [5.74, 6) is 0.857. The molecule has 0 aliphatic carbocycles. The van der Waals surface area contributed by atoms with Gasteiger partial charge in [0, 0.05) is 6.04 Å². The average Bonchev–Trinajstić information content (AvgIpc) is 1.83. The van der Waals surface area contributed by atoms with Gasteiger partial charge in [-0.05, 0) is 25.7 Å². The summed E-state index contributed by atoms with van der Waals surface area (Å²) in [7, 11) is 0. The van der Waals surface area contributed by atoms with Gasteiger partial charge >= 0.3 is 0 Å². The summed E-state index contributed by atoms with van der Waals surface area (Å²) < 4.78 is 0. The first-order valence-electron chi connectivity index (χ1n) is 3.92. The van der Waals surface area contributed by atoms with E-state index in [1.165, 1.54) is 19.3 Å². The van der Waals surface area contributed by atoms with Crippen LogP contribution in [-0.2, 0) is 0 Å². The van der Waals surface area contributed by atoms with E-state index in [4.69, 9.17) is 5.73 Å². The molecule has 0 fully saturated rings. The molecule has 0 heterocycles. The Morgan fingerprint density at radius 2 is 1.78 bits per heavy atom. The molecule has 9 heavy (non-hydrogen) atoms. The molecule has 0 rings (SSSR count). The predicted octanol–water partition coefficient (Wildman–Crippen LogP) is 2.16. The second-order valence-corrected chi connectivity index (χ2v) is 3.07. The van der Waals surface area contributed by atoms with Crippen LogP contribution in [0.3, 0.4) is 0 Å². The maximum Gasteiger partial charge on any atom is 0.00105 e. The van der Waals surface area contributed by atoms with Crippen molar-refractivity contribution >= 4 is 0 Å². The van der Waals surface area contributed by atoms with E-state index in [0.717, 1.165) is 5.92 Å². The van der Waals surface area contributed by atoms with E-state index in [9.17, 15) is 0 Å². The Kier molecular flexibility index (Phi) is 4.78. The van der Waals surface area contributed by atoms with Gasteiger partial charge in [0.1, 0.15) is 0 Å². The van der Waals surface area contributed by atoms with Crippen LogP contribution in [0.1, 0.15) is 40.0 Å². The first-order chi connectivity index (χ1) is 4.16. The van der Waals surface area contributed by atoms with Crippen LogP contribution in [0.4, 0.5) is 0 Å². The largest absolute Gasteiger partial charge is 0.328 e. The molecule has 0 spiro atoms. The molecule has 0 aromatic carbocycles. The lowest BCUT2D eigenvalue weighted by molar-refractivity contribution is 0.469. The molecule has 1 heteroatoms. The lowest BCUT2D eigenvalue weighted by atomic mass is 10.0. The summed E-state index contributed by atoms with van der Waals surface area (Å²) in [4.78, 5) is 0. The monoisotopic (exact) mass is 129 g/mol. The van der Waals surface area contributed by atoms with Crippen LogP contribution in [0.25, 0.3) is 0 Å². The summed E-state index contributed by atoms with van der Waals surface area (Å²) in [6.07, 6.45) is 3.75. The van der Waals surface area contributed by atoms with Crippen LogP contribution < -0.4 is 5.73 Å². The molecule has 2 atom stereocenters. The van der Waals surface area contributed by atoms with Crippen molar-refractivity contribution in [1.29, 1.82) is 0 Å². The normalized spacial score (nSPS) is 17.3. The van der Waals surface area contributed by atoms with Crippen LogP contribution in [-0.4, -0.2) is 6.04 Å². The zero-order valence-corrected chi connectivity index (χ0v) is 6.85. The van der Waals surface area contributed by atoms with Gasteiger partial charge < -0.3 is 5.73 Å².